The van der Waals surface area contributed by atoms with Gasteiger partial charge in [0.2, 0.25) is 5.91 Å². The third kappa shape index (κ3) is 4.44. The van der Waals surface area contributed by atoms with E-state index in [0.29, 0.717) is 24.2 Å². The van der Waals surface area contributed by atoms with E-state index < -0.39 is 5.60 Å². The smallest absolute Gasteiger partial charge is 0.339 e. The molecule has 1 amide bonds. The molecule has 174 valence electrons. The fourth-order valence-electron chi connectivity index (χ4n) is 5.31. The molecule has 8 heteroatoms. The maximum atomic E-state index is 13.0. The monoisotopic (exact) mass is 450 g/mol. The summed E-state index contributed by atoms with van der Waals surface area (Å²) < 4.78 is 11.6. The normalized spacial score (nSPS) is 24.5. The lowest BCUT2D eigenvalue weighted by atomic mass is 9.74. The molecule has 1 spiro atoms. The highest BCUT2D eigenvalue weighted by Gasteiger charge is 2.48. The zero-order valence-electron chi connectivity index (χ0n) is 19.0. The number of rotatable bonds is 6. The molecule has 0 radical (unpaired) electrons. The first-order valence-corrected chi connectivity index (χ1v) is 11.8. The van der Waals surface area contributed by atoms with Crippen LogP contribution in [0.25, 0.3) is 0 Å². The first-order valence-electron chi connectivity index (χ1n) is 11.8. The Morgan fingerprint density at radius 2 is 1.94 bits per heavy atom. The minimum absolute atomic E-state index is 0.0141. The first-order chi connectivity index (χ1) is 16.0. The van der Waals surface area contributed by atoms with E-state index in [2.05, 4.69) is 14.9 Å². The molecule has 2 aliphatic heterocycles. The van der Waals surface area contributed by atoms with Crippen molar-refractivity contribution in [2.45, 2.75) is 44.1 Å². The second-order valence-corrected chi connectivity index (χ2v) is 9.31. The van der Waals surface area contributed by atoms with Crippen molar-refractivity contribution in [2.75, 3.05) is 33.2 Å². The molecule has 8 nitrogen and oxygen atoms in total. The zero-order chi connectivity index (χ0) is 22.8. The number of likely N-dealkylation sites (tertiary alicyclic amines) is 1. The average Bonchev–Trinajstić information content (AvgIpc) is 3.45. The lowest BCUT2D eigenvalue weighted by molar-refractivity contribution is -0.137. The summed E-state index contributed by atoms with van der Waals surface area (Å²) >= 11 is 0. The zero-order valence-corrected chi connectivity index (χ0v) is 19.0. The van der Waals surface area contributed by atoms with Gasteiger partial charge in [-0.3, -0.25) is 4.79 Å². The molecule has 2 aromatic rings. The molecule has 1 aromatic carbocycles. The summed E-state index contributed by atoms with van der Waals surface area (Å²) in [5.74, 6) is 0.356. The number of nitrogens with zero attached hydrogens (tertiary/aromatic N) is 4. The Balaban J connectivity index is 1.22. The van der Waals surface area contributed by atoms with Crippen LogP contribution in [0.5, 0.6) is 11.8 Å². The molecule has 0 atom stereocenters. The van der Waals surface area contributed by atoms with Gasteiger partial charge in [0.15, 0.2) is 0 Å². The van der Waals surface area contributed by atoms with Crippen molar-refractivity contribution < 1.29 is 19.1 Å². The molecule has 1 aromatic heterocycles. The largest absolute Gasteiger partial charge is 0.451 e. The van der Waals surface area contributed by atoms with Gasteiger partial charge in [-0.1, -0.05) is 6.07 Å². The quantitative estimate of drug-likeness (QED) is 0.624. The Labute approximate surface area is 193 Å². The van der Waals surface area contributed by atoms with Crippen LogP contribution < -0.4 is 4.74 Å². The van der Waals surface area contributed by atoms with E-state index in [4.69, 9.17) is 9.47 Å². The van der Waals surface area contributed by atoms with Crippen molar-refractivity contribution in [2.24, 2.45) is 5.92 Å². The number of benzene rings is 1. The Morgan fingerprint density at radius 3 is 2.67 bits per heavy atom. The van der Waals surface area contributed by atoms with Crippen molar-refractivity contribution in [3.63, 3.8) is 0 Å². The highest BCUT2D eigenvalue weighted by Crippen LogP contribution is 2.49. The maximum absolute atomic E-state index is 13.0. The van der Waals surface area contributed by atoms with Crippen LogP contribution in [0.4, 0.5) is 0 Å². The molecule has 1 saturated heterocycles. The minimum Gasteiger partial charge on any atom is -0.451 e. The van der Waals surface area contributed by atoms with Crippen LogP contribution in [-0.2, 0) is 15.1 Å². The molecule has 2 fully saturated rings. The predicted molar refractivity (Wildman–Crippen MR) is 121 cm³/mol. The summed E-state index contributed by atoms with van der Waals surface area (Å²) in [6, 6.07) is 7.37. The Hall–Kier alpha value is -3.00. The number of carbonyl (C=O) groups is 2. The summed E-state index contributed by atoms with van der Waals surface area (Å²) in [6.07, 6.45) is 8.47. The van der Waals surface area contributed by atoms with E-state index in [1.54, 1.807) is 24.5 Å². The number of hydrogen-bond acceptors (Lipinski definition) is 7. The minimum atomic E-state index is -0.640. The average molecular weight is 451 g/mol. The molecule has 0 N–H and O–H groups in total. The summed E-state index contributed by atoms with van der Waals surface area (Å²) in [5.41, 5.74) is 0.775. The Bertz CT molecular complexity index is 1010. The van der Waals surface area contributed by atoms with Crippen LogP contribution in [0, 0.1) is 5.92 Å². The van der Waals surface area contributed by atoms with Crippen LogP contribution in [0.1, 0.15) is 54.4 Å². The van der Waals surface area contributed by atoms with Gasteiger partial charge < -0.3 is 19.3 Å². The SMILES string of the molecule is CN(CCN1CCCC1)C(=O)C1CCC2(CC1)OC(=O)c1cc(Oc3ncccn3)ccc12. The number of likely N-dealkylation sites (N-methyl/N-ethyl adjacent to an activating group) is 1. The summed E-state index contributed by atoms with van der Waals surface area (Å²) in [6.45, 7) is 4.00. The van der Waals surface area contributed by atoms with Gasteiger partial charge in [-0.15, -0.1) is 0 Å². The van der Waals surface area contributed by atoms with Crippen molar-refractivity contribution in [1.29, 1.82) is 0 Å². The highest BCUT2D eigenvalue weighted by molar-refractivity contribution is 5.95. The number of fused-ring (bicyclic) bond motifs is 2. The molecular weight excluding hydrogens is 420 g/mol. The second-order valence-electron chi connectivity index (χ2n) is 9.31. The second kappa shape index (κ2) is 9.09. The lowest BCUT2D eigenvalue weighted by Gasteiger charge is -2.37. The molecule has 3 aliphatic rings. The van der Waals surface area contributed by atoms with Gasteiger partial charge >= 0.3 is 12.0 Å². The van der Waals surface area contributed by atoms with Gasteiger partial charge in [0.25, 0.3) is 0 Å². The number of esters is 1. The van der Waals surface area contributed by atoms with Gasteiger partial charge in [0.05, 0.1) is 5.56 Å². The molecule has 1 saturated carbocycles. The molecule has 3 heterocycles. The molecule has 1 aliphatic carbocycles. The van der Waals surface area contributed by atoms with Crippen LogP contribution in [0.15, 0.2) is 36.7 Å². The fraction of sp³-hybridized carbons (Fsp3) is 0.520. The number of ether oxygens (including phenoxy) is 2. The van der Waals surface area contributed by atoms with Crippen molar-refractivity contribution in [1.82, 2.24) is 19.8 Å². The molecule has 0 bridgehead atoms. The standard InChI is InChI=1S/C25H30N4O4/c1-28(15-16-29-13-2-3-14-29)22(30)18-7-9-25(10-8-18)21-6-5-19(17-20(21)23(31)33-25)32-24-26-11-4-12-27-24/h4-6,11-12,17-18H,2-3,7-10,13-16H2,1H3. The molecule has 5 rings (SSSR count). The summed E-state index contributed by atoms with van der Waals surface area (Å²) in [7, 11) is 1.91. The number of aromatic nitrogens is 2. The lowest BCUT2D eigenvalue weighted by Crippen LogP contribution is -2.41. The maximum Gasteiger partial charge on any atom is 0.339 e. The van der Waals surface area contributed by atoms with Gasteiger partial charge in [-0.05, 0) is 69.8 Å². The number of amides is 1. The van der Waals surface area contributed by atoms with E-state index in [1.807, 2.05) is 24.1 Å². The van der Waals surface area contributed by atoms with E-state index in [1.165, 1.54) is 12.8 Å². The van der Waals surface area contributed by atoms with Crippen molar-refractivity contribution in [3.8, 4) is 11.8 Å². The number of hydrogen-bond donors (Lipinski definition) is 0. The number of carbonyl (C=O) groups excluding carboxylic acids is 2. The van der Waals surface area contributed by atoms with Crippen LogP contribution in [0.2, 0.25) is 0 Å². The van der Waals surface area contributed by atoms with Crippen molar-refractivity contribution >= 4 is 11.9 Å². The molecular formula is C25H30N4O4. The fourth-order valence-corrected chi connectivity index (χ4v) is 5.31. The van der Waals surface area contributed by atoms with E-state index in [0.717, 1.165) is 44.6 Å². The van der Waals surface area contributed by atoms with Crippen molar-refractivity contribution in [3.05, 3.63) is 47.8 Å². The summed E-state index contributed by atoms with van der Waals surface area (Å²) in [5, 5.41) is 0. The van der Waals surface area contributed by atoms with Crippen LogP contribution in [0.3, 0.4) is 0 Å². The molecule has 33 heavy (non-hydrogen) atoms. The first kappa shape index (κ1) is 21.8. The van der Waals surface area contributed by atoms with Crippen LogP contribution >= 0.6 is 0 Å². The Kier molecular flexibility index (Phi) is 6.01. The van der Waals surface area contributed by atoms with E-state index >= 15 is 0 Å². The third-order valence-corrected chi connectivity index (χ3v) is 7.21. The van der Waals surface area contributed by atoms with E-state index in [-0.39, 0.29) is 23.8 Å². The predicted octanol–water partition coefficient (Wildman–Crippen LogP) is 3.38. The summed E-state index contributed by atoms with van der Waals surface area (Å²) in [4.78, 5) is 38.1. The van der Waals surface area contributed by atoms with Gasteiger partial charge in [-0.25, -0.2) is 14.8 Å². The third-order valence-electron chi connectivity index (χ3n) is 7.21. The molecule has 0 unspecified atom stereocenters. The van der Waals surface area contributed by atoms with Gasteiger partial charge in [0, 0.05) is 44.0 Å². The Morgan fingerprint density at radius 1 is 1.21 bits per heavy atom. The highest BCUT2D eigenvalue weighted by atomic mass is 16.6. The van der Waals surface area contributed by atoms with Gasteiger partial charge in [-0.2, -0.15) is 0 Å². The topological polar surface area (TPSA) is 84.9 Å². The van der Waals surface area contributed by atoms with Crippen LogP contribution in [-0.4, -0.2) is 64.9 Å². The van der Waals surface area contributed by atoms with E-state index in [9.17, 15) is 9.59 Å². The van der Waals surface area contributed by atoms with Gasteiger partial charge in [0.1, 0.15) is 11.4 Å².